The lowest BCUT2D eigenvalue weighted by Crippen LogP contribution is -2.26. The number of aromatic nitrogens is 2. The number of amides is 1. The maximum atomic E-state index is 13.3. The molecule has 2 heterocycles. The quantitative estimate of drug-likeness (QED) is 0.568. The molecule has 7 nitrogen and oxygen atoms in total. The number of hydrogen-bond donors (Lipinski definition) is 1. The van der Waals surface area contributed by atoms with Gasteiger partial charge in [-0.3, -0.25) is 9.59 Å². The minimum atomic E-state index is -0.612. The largest absolute Gasteiger partial charge is 0.461 e. The van der Waals surface area contributed by atoms with Crippen LogP contribution in [0.1, 0.15) is 49.7 Å². The molecule has 0 bridgehead atoms. The van der Waals surface area contributed by atoms with E-state index in [1.54, 1.807) is 24.4 Å². The number of esters is 1. The number of thiophene rings is 1. The first-order valence-electron chi connectivity index (χ1n) is 10.0. The van der Waals surface area contributed by atoms with Crippen molar-refractivity contribution in [2.24, 2.45) is 5.92 Å². The lowest BCUT2D eigenvalue weighted by Gasteiger charge is -2.13. The van der Waals surface area contributed by atoms with Crippen LogP contribution in [0, 0.1) is 12.8 Å². The molecule has 8 heteroatoms. The van der Waals surface area contributed by atoms with Crippen LogP contribution >= 0.6 is 11.3 Å². The third-order valence-corrected chi connectivity index (χ3v) is 5.89. The molecular weight excluding hydrogens is 402 g/mol. The standard InChI is InChI=1S/C22H25N3O4S/c1-5-14(6-2)19(26)23-20-17-16(12-30-20)18(22(28)29-7-3)24-25(21(17)27)15-10-8-13(4)9-11-15/h8-12,14H,5-7H2,1-4H3,(H,23,26). The summed E-state index contributed by atoms with van der Waals surface area (Å²) in [6, 6.07) is 7.25. The maximum absolute atomic E-state index is 13.3. The van der Waals surface area contributed by atoms with Crippen LogP contribution in [0.4, 0.5) is 5.00 Å². The first-order valence-corrected chi connectivity index (χ1v) is 10.9. The predicted octanol–water partition coefficient (Wildman–Crippen LogP) is 4.31. The van der Waals surface area contributed by atoms with Crippen LogP contribution in [0.25, 0.3) is 16.5 Å². The van der Waals surface area contributed by atoms with Gasteiger partial charge in [0.1, 0.15) is 5.00 Å². The molecule has 30 heavy (non-hydrogen) atoms. The average Bonchev–Trinajstić information content (AvgIpc) is 3.14. The second-order valence-corrected chi connectivity index (χ2v) is 7.86. The van der Waals surface area contributed by atoms with Gasteiger partial charge in [0.15, 0.2) is 5.69 Å². The fraction of sp³-hybridized carbons (Fsp3) is 0.364. The van der Waals surface area contributed by atoms with Gasteiger partial charge in [0.25, 0.3) is 5.56 Å². The molecule has 0 aliphatic carbocycles. The van der Waals surface area contributed by atoms with E-state index >= 15 is 0 Å². The molecule has 1 N–H and O–H groups in total. The van der Waals surface area contributed by atoms with Crippen LogP contribution in [-0.2, 0) is 9.53 Å². The van der Waals surface area contributed by atoms with E-state index in [0.717, 1.165) is 5.56 Å². The second kappa shape index (κ2) is 9.21. The first kappa shape index (κ1) is 21.7. The van der Waals surface area contributed by atoms with E-state index in [1.165, 1.54) is 16.0 Å². The van der Waals surface area contributed by atoms with Crippen LogP contribution in [0.2, 0.25) is 0 Å². The van der Waals surface area contributed by atoms with Crippen LogP contribution in [-0.4, -0.2) is 28.3 Å². The Morgan fingerprint density at radius 2 is 1.83 bits per heavy atom. The summed E-state index contributed by atoms with van der Waals surface area (Å²) >= 11 is 1.21. The Hall–Kier alpha value is -3.00. The van der Waals surface area contributed by atoms with E-state index in [-0.39, 0.29) is 29.5 Å². The number of nitrogens with zero attached hydrogens (tertiary/aromatic N) is 2. The van der Waals surface area contributed by atoms with Crippen molar-refractivity contribution in [1.82, 2.24) is 9.78 Å². The second-order valence-electron chi connectivity index (χ2n) is 6.98. The lowest BCUT2D eigenvalue weighted by atomic mass is 10.0. The maximum Gasteiger partial charge on any atom is 0.359 e. The molecule has 0 spiro atoms. The summed E-state index contributed by atoms with van der Waals surface area (Å²) in [5.74, 6) is -0.897. The van der Waals surface area contributed by atoms with Crippen molar-refractivity contribution in [2.75, 3.05) is 11.9 Å². The zero-order valence-corrected chi connectivity index (χ0v) is 18.3. The number of nitrogens with one attached hydrogen (secondary N) is 1. The fourth-order valence-electron chi connectivity index (χ4n) is 3.23. The Morgan fingerprint density at radius 3 is 2.43 bits per heavy atom. The third-order valence-electron chi connectivity index (χ3n) is 4.99. The number of fused-ring (bicyclic) bond motifs is 1. The first-order chi connectivity index (χ1) is 14.4. The highest BCUT2D eigenvalue weighted by atomic mass is 32.1. The number of hydrogen-bond acceptors (Lipinski definition) is 6. The van der Waals surface area contributed by atoms with Crippen molar-refractivity contribution in [3.8, 4) is 5.69 Å². The number of rotatable bonds is 7. The van der Waals surface area contributed by atoms with E-state index in [4.69, 9.17) is 4.74 Å². The third kappa shape index (κ3) is 4.14. The van der Waals surface area contributed by atoms with Gasteiger partial charge in [-0.05, 0) is 38.8 Å². The molecule has 0 saturated carbocycles. The molecule has 3 rings (SSSR count). The Kier molecular flexibility index (Phi) is 6.66. The molecule has 0 aliphatic heterocycles. The zero-order valence-electron chi connectivity index (χ0n) is 17.5. The molecule has 1 amide bonds. The lowest BCUT2D eigenvalue weighted by molar-refractivity contribution is -0.120. The van der Waals surface area contributed by atoms with Gasteiger partial charge in [-0.25, -0.2) is 4.79 Å². The Balaban J connectivity index is 2.21. The molecule has 0 atom stereocenters. The molecule has 0 saturated heterocycles. The van der Waals surface area contributed by atoms with Crippen molar-refractivity contribution in [1.29, 1.82) is 0 Å². The van der Waals surface area contributed by atoms with Crippen molar-refractivity contribution in [2.45, 2.75) is 40.5 Å². The van der Waals surface area contributed by atoms with Gasteiger partial charge in [-0.2, -0.15) is 9.78 Å². The Morgan fingerprint density at radius 1 is 1.17 bits per heavy atom. The minimum Gasteiger partial charge on any atom is -0.461 e. The van der Waals surface area contributed by atoms with Gasteiger partial charge in [-0.15, -0.1) is 11.3 Å². The predicted molar refractivity (Wildman–Crippen MR) is 119 cm³/mol. The number of carbonyl (C=O) groups excluding carboxylic acids is 2. The van der Waals surface area contributed by atoms with Crippen LogP contribution in [0.5, 0.6) is 0 Å². The molecule has 0 fully saturated rings. The van der Waals surface area contributed by atoms with Gasteiger partial charge in [-0.1, -0.05) is 31.5 Å². The van der Waals surface area contributed by atoms with Crippen LogP contribution in [0.15, 0.2) is 34.4 Å². The number of anilines is 1. The van der Waals surface area contributed by atoms with Crippen molar-refractivity contribution in [3.63, 3.8) is 0 Å². The van der Waals surface area contributed by atoms with E-state index in [2.05, 4.69) is 10.4 Å². The van der Waals surface area contributed by atoms with Crippen molar-refractivity contribution < 1.29 is 14.3 Å². The summed E-state index contributed by atoms with van der Waals surface area (Å²) in [6.45, 7) is 7.74. The Bertz CT molecular complexity index is 1130. The van der Waals surface area contributed by atoms with Crippen molar-refractivity contribution >= 4 is 39.0 Å². The summed E-state index contributed by atoms with van der Waals surface area (Å²) in [6.07, 6.45) is 1.41. The molecule has 1 aromatic carbocycles. The highest BCUT2D eigenvalue weighted by molar-refractivity contribution is 7.16. The van der Waals surface area contributed by atoms with Gasteiger partial charge in [0.2, 0.25) is 5.91 Å². The summed E-state index contributed by atoms with van der Waals surface area (Å²) in [7, 11) is 0. The summed E-state index contributed by atoms with van der Waals surface area (Å²) in [5, 5.41) is 9.91. The molecule has 0 radical (unpaired) electrons. The monoisotopic (exact) mass is 427 g/mol. The molecule has 3 aromatic rings. The molecule has 0 unspecified atom stereocenters. The summed E-state index contributed by atoms with van der Waals surface area (Å²) < 4.78 is 6.34. The van der Waals surface area contributed by atoms with Gasteiger partial charge >= 0.3 is 5.97 Å². The van der Waals surface area contributed by atoms with E-state index in [0.29, 0.717) is 28.9 Å². The fourth-order valence-corrected chi connectivity index (χ4v) is 4.17. The number of benzene rings is 1. The average molecular weight is 428 g/mol. The SMILES string of the molecule is CCOC(=O)c1nn(-c2ccc(C)cc2)c(=O)c2c(NC(=O)C(CC)CC)scc12. The van der Waals surface area contributed by atoms with Crippen molar-refractivity contribution in [3.05, 3.63) is 51.3 Å². The van der Waals surface area contributed by atoms with Gasteiger partial charge < -0.3 is 10.1 Å². The van der Waals surface area contributed by atoms with Crippen LogP contribution in [0.3, 0.4) is 0 Å². The highest BCUT2D eigenvalue weighted by Gasteiger charge is 2.24. The number of carbonyl (C=O) groups is 2. The highest BCUT2D eigenvalue weighted by Crippen LogP contribution is 2.31. The normalized spacial score (nSPS) is 11.1. The molecular formula is C22H25N3O4S. The summed E-state index contributed by atoms with van der Waals surface area (Å²) in [5.41, 5.74) is 1.21. The number of aryl methyl sites for hydroxylation is 1. The smallest absolute Gasteiger partial charge is 0.359 e. The molecule has 158 valence electrons. The Labute approximate surface area is 178 Å². The molecule has 0 aliphatic rings. The topological polar surface area (TPSA) is 90.3 Å². The van der Waals surface area contributed by atoms with Gasteiger partial charge in [0, 0.05) is 16.7 Å². The minimum absolute atomic E-state index is 0.0475. The van der Waals surface area contributed by atoms with E-state index in [1.807, 2.05) is 32.9 Å². The number of ether oxygens (including phenoxy) is 1. The molecule has 2 aromatic heterocycles. The van der Waals surface area contributed by atoms with Gasteiger partial charge in [0.05, 0.1) is 17.7 Å². The summed E-state index contributed by atoms with van der Waals surface area (Å²) in [4.78, 5) is 38.5. The van der Waals surface area contributed by atoms with Crippen LogP contribution < -0.4 is 10.9 Å². The van der Waals surface area contributed by atoms with E-state index in [9.17, 15) is 14.4 Å². The zero-order chi connectivity index (χ0) is 21.8. The van der Waals surface area contributed by atoms with E-state index < -0.39 is 11.5 Å².